The van der Waals surface area contributed by atoms with E-state index in [9.17, 15) is 14.7 Å². The number of nitrogens with zero attached hydrogens (tertiary/aromatic N) is 1. The number of likely N-dealkylation sites (tertiary alicyclic amines) is 1. The molecule has 26 heavy (non-hydrogen) atoms. The monoisotopic (exact) mass is 364 g/mol. The molecular weight excluding hydrogens is 336 g/mol. The van der Waals surface area contributed by atoms with Gasteiger partial charge in [-0.25, -0.2) is 4.79 Å². The Labute approximate surface area is 154 Å². The van der Waals surface area contributed by atoms with E-state index in [0.717, 1.165) is 11.1 Å². The molecule has 7 heteroatoms. The fraction of sp³-hybridized carbons (Fsp3) is 0.579. The van der Waals surface area contributed by atoms with E-state index in [-0.39, 0.29) is 12.6 Å². The maximum atomic E-state index is 12.3. The van der Waals surface area contributed by atoms with Gasteiger partial charge in [-0.1, -0.05) is 24.3 Å². The van der Waals surface area contributed by atoms with Crippen LogP contribution in [-0.2, 0) is 27.4 Å². The Kier molecular flexibility index (Phi) is 7.41. The summed E-state index contributed by atoms with van der Waals surface area (Å²) in [6.07, 6.45) is 0.477. The van der Waals surface area contributed by atoms with Crippen molar-refractivity contribution >= 4 is 12.0 Å². The molecule has 1 aromatic carbocycles. The Balaban J connectivity index is 1.78. The van der Waals surface area contributed by atoms with Gasteiger partial charge in [0, 0.05) is 26.2 Å². The van der Waals surface area contributed by atoms with Crippen molar-refractivity contribution in [3.05, 3.63) is 35.4 Å². The molecule has 2 amide bonds. The highest BCUT2D eigenvalue weighted by Gasteiger charge is 2.42. The third kappa shape index (κ3) is 5.71. The minimum atomic E-state index is -0.857. The fourth-order valence-electron chi connectivity index (χ4n) is 2.88. The lowest BCUT2D eigenvalue weighted by Gasteiger charge is -2.20. The van der Waals surface area contributed by atoms with Crippen molar-refractivity contribution < 1.29 is 24.2 Å². The summed E-state index contributed by atoms with van der Waals surface area (Å²) in [6.45, 7) is 7.03. The van der Waals surface area contributed by atoms with Gasteiger partial charge in [0.25, 0.3) is 0 Å². The van der Waals surface area contributed by atoms with Gasteiger partial charge in [-0.15, -0.1) is 0 Å². The van der Waals surface area contributed by atoms with Crippen molar-refractivity contribution in [3.8, 4) is 0 Å². The van der Waals surface area contributed by atoms with E-state index >= 15 is 0 Å². The average Bonchev–Trinajstić information content (AvgIpc) is 3.04. The SMILES string of the molecule is CCOCCOCc1cccc(CNC(=O)N2CCC(C)(C(=O)O)C2)c1. The molecule has 2 rings (SSSR count). The number of carbonyl (C=O) groups excluding carboxylic acids is 1. The lowest BCUT2D eigenvalue weighted by Crippen LogP contribution is -2.40. The average molecular weight is 364 g/mol. The summed E-state index contributed by atoms with van der Waals surface area (Å²) < 4.78 is 10.8. The number of amides is 2. The number of carbonyl (C=O) groups is 2. The Morgan fingerprint density at radius 2 is 2.00 bits per heavy atom. The quantitative estimate of drug-likeness (QED) is 0.656. The van der Waals surface area contributed by atoms with E-state index in [2.05, 4.69) is 5.32 Å². The molecule has 1 aromatic rings. The molecule has 1 aliphatic heterocycles. The first-order valence-corrected chi connectivity index (χ1v) is 8.94. The van der Waals surface area contributed by atoms with Gasteiger partial charge in [0.15, 0.2) is 0 Å². The molecule has 1 aliphatic rings. The molecule has 0 radical (unpaired) electrons. The predicted octanol–water partition coefficient (Wildman–Crippen LogP) is 2.25. The highest BCUT2D eigenvalue weighted by molar-refractivity contribution is 5.79. The number of rotatable bonds is 9. The van der Waals surface area contributed by atoms with Crippen molar-refractivity contribution in [2.24, 2.45) is 5.41 Å². The molecule has 0 aromatic heterocycles. The molecule has 144 valence electrons. The van der Waals surface area contributed by atoms with E-state index in [4.69, 9.17) is 9.47 Å². The lowest BCUT2D eigenvalue weighted by molar-refractivity contribution is -0.147. The minimum Gasteiger partial charge on any atom is -0.481 e. The smallest absolute Gasteiger partial charge is 0.317 e. The van der Waals surface area contributed by atoms with Crippen LogP contribution in [0.5, 0.6) is 0 Å². The van der Waals surface area contributed by atoms with Crippen LogP contribution in [0.2, 0.25) is 0 Å². The second-order valence-electron chi connectivity index (χ2n) is 6.77. The molecule has 0 spiro atoms. The summed E-state index contributed by atoms with van der Waals surface area (Å²) >= 11 is 0. The number of carboxylic acid groups (broad SMARTS) is 1. The van der Waals surface area contributed by atoms with Gasteiger partial charge in [-0.2, -0.15) is 0 Å². The number of benzene rings is 1. The Morgan fingerprint density at radius 1 is 1.27 bits per heavy atom. The fourth-order valence-corrected chi connectivity index (χ4v) is 2.88. The van der Waals surface area contributed by atoms with Gasteiger partial charge < -0.3 is 24.8 Å². The van der Waals surface area contributed by atoms with Crippen molar-refractivity contribution in [1.29, 1.82) is 0 Å². The first-order valence-electron chi connectivity index (χ1n) is 8.94. The second kappa shape index (κ2) is 9.54. The van der Waals surface area contributed by atoms with Gasteiger partial charge in [0.05, 0.1) is 25.2 Å². The number of aliphatic carboxylic acids is 1. The van der Waals surface area contributed by atoms with E-state index in [1.54, 1.807) is 11.8 Å². The Bertz CT molecular complexity index is 622. The van der Waals surface area contributed by atoms with Gasteiger partial charge in [0.2, 0.25) is 0 Å². The number of nitrogens with one attached hydrogen (secondary N) is 1. The van der Waals surface area contributed by atoms with Crippen LogP contribution < -0.4 is 5.32 Å². The molecule has 1 saturated heterocycles. The van der Waals surface area contributed by atoms with Gasteiger partial charge in [-0.05, 0) is 31.4 Å². The molecule has 1 fully saturated rings. The number of ether oxygens (including phenoxy) is 2. The standard InChI is InChI=1S/C19H28N2O5/c1-3-25-9-10-26-13-16-6-4-5-15(11-16)12-20-18(24)21-8-7-19(2,14-21)17(22)23/h4-6,11H,3,7-10,12-14H2,1-2H3,(H,20,24)(H,22,23). The van der Waals surface area contributed by atoms with Gasteiger partial charge >= 0.3 is 12.0 Å². The normalized spacial score (nSPS) is 19.5. The van der Waals surface area contributed by atoms with Crippen molar-refractivity contribution in [2.75, 3.05) is 32.9 Å². The van der Waals surface area contributed by atoms with Gasteiger partial charge in [-0.3, -0.25) is 4.79 Å². The van der Waals surface area contributed by atoms with E-state index in [1.807, 2.05) is 31.2 Å². The van der Waals surface area contributed by atoms with Crippen LogP contribution in [0.15, 0.2) is 24.3 Å². The second-order valence-corrected chi connectivity index (χ2v) is 6.77. The maximum Gasteiger partial charge on any atom is 0.317 e. The molecule has 2 N–H and O–H groups in total. The van der Waals surface area contributed by atoms with E-state index < -0.39 is 11.4 Å². The zero-order valence-corrected chi connectivity index (χ0v) is 15.5. The summed E-state index contributed by atoms with van der Waals surface area (Å²) in [4.78, 5) is 25.1. The third-order valence-electron chi connectivity index (χ3n) is 4.56. The third-order valence-corrected chi connectivity index (χ3v) is 4.56. The molecule has 0 bridgehead atoms. The minimum absolute atomic E-state index is 0.228. The molecule has 7 nitrogen and oxygen atoms in total. The summed E-state index contributed by atoms with van der Waals surface area (Å²) in [5.74, 6) is -0.857. The molecule has 0 saturated carbocycles. The largest absolute Gasteiger partial charge is 0.481 e. The van der Waals surface area contributed by atoms with Crippen LogP contribution in [0, 0.1) is 5.41 Å². The maximum absolute atomic E-state index is 12.3. The molecule has 0 aliphatic carbocycles. The zero-order valence-electron chi connectivity index (χ0n) is 15.5. The van der Waals surface area contributed by atoms with Crippen LogP contribution in [0.1, 0.15) is 31.4 Å². The topological polar surface area (TPSA) is 88.1 Å². The summed E-state index contributed by atoms with van der Waals surface area (Å²) in [6, 6.07) is 7.61. The lowest BCUT2D eigenvalue weighted by atomic mass is 9.90. The zero-order chi connectivity index (χ0) is 19.0. The predicted molar refractivity (Wildman–Crippen MR) is 96.8 cm³/mol. The first kappa shape index (κ1) is 20.2. The number of urea groups is 1. The highest BCUT2D eigenvalue weighted by atomic mass is 16.5. The van der Waals surface area contributed by atoms with Crippen LogP contribution in [0.25, 0.3) is 0 Å². The van der Waals surface area contributed by atoms with Crippen molar-refractivity contribution in [1.82, 2.24) is 10.2 Å². The van der Waals surface area contributed by atoms with Crippen LogP contribution in [0.3, 0.4) is 0 Å². The summed E-state index contributed by atoms with van der Waals surface area (Å²) in [7, 11) is 0. The molecule has 1 heterocycles. The number of carboxylic acids is 1. The Hall–Kier alpha value is -2.12. The van der Waals surface area contributed by atoms with E-state index in [1.165, 1.54) is 0 Å². The van der Waals surface area contributed by atoms with Crippen LogP contribution in [-0.4, -0.2) is 54.9 Å². The summed E-state index contributed by atoms with van der Waals surface area (Å²) in [5.41, 5.74) is 1.16. The van der Waals surface area contributed by atoms with Crippen LogP contribution >= 0.6 is 0 Å². The van der Waals surface area contributed by atoms with Crippen LogP contribution in [0.4, 0.5) is 4.79 Å². The molecular formula is C19H28N2O5. The van der Waals surface area contributed by atoms with Crippen molar-refractivity contribution in [2.45, 2.75) is 33.4 Å². The number of hydrogen-bond acceptors (Lipinski definition) is 4. The highest BCUT2D eigenvalue weighted by Crippen LogP contribution is 2.29. The molecule has 1 unspecified atom stereocenters. The van der Waals surface area contributed by atoms with Crippen molar-refractivity contribution in [3.63, 3.8) is 0 Å². The first-order chi connectivity index (χ1) is 12.4. The van der Waals surface area contributed by atoms with E-state index in [0.29, 0.717) is 45.9 Å². The molecule has 1 atom stereocenters. The van der Waals surface area contributed by atoms with Gasteiger partial charge in [0.1, 0.15) is 0 Å². The number of hydrogen-bond donors (Lipinski definition) is 2. The summed E-state index contributed by atoms with van der Waals surface area (Å²) in [5, 5.41) is 12.1. The Morgan fingerprint density at radius 3 is 2.69 bits per heavy atom.